The van der Waals surface area contributed by atoms with Gasteiger partial charge in [0.25, 0.3) is 0 Å². The van der Waals surface area contributed by atoms with Crippen LogP contribution in [-0.2, 0) is 12.8 Å². The van der Waals surface area contributed by atoms with Gasteiger partial charge in [-0.15, -0.1) is 0 Å². The molecule has 0 amide bonds. The van der Waals surface area contributed by atoms with Crippen LogP contribution in [0.5, 0.6) is 0 Å². The molecule has 2 aromatic heterocycles. The summed E-state index contributed by atoms with van der Waals surface area (Å²) >= 11 is 0. The fraction of sp³-hybridized carbons (Fsp3) is 0.235. The summed E-state index contributed by atoms with van der Waals surface area (Å²) in [5.74, 6) is 0.158. The number of nitrogens with two attached hydrogens (primary N) is 2. The predicted molar refractivity (Wildman–Crippen MR) is 88.2 cm³/mol. The molecule has 4 N–H and O–H groups in total. The number of nitrogens with zero attached hydrogens (tertiary/aromatic N) is 3. The quantitative estimate of drug-likeness (QED) is 0.721. The molecule has 0 atom stereocenters. The zero-order valence-corrected chi connectivity index (χ0v) is 12.5. The molecule has 0 saturated heterocycles. The second kappa shape index (κ2) is 5.15. The lowest BCUT2D eigenvalue weighted by Gasteiger charge is -2.21. The summed E-state index contributed by atoms with van der Waals surface area (Å²) in [5, 5.41) is 0.700. The molecule has 0 saturated carbocycles. The van der Waals surface area contributed by atoms with Crippen molar-refractivity contribution in [2.45, 2.75) is 25.7 Å². The third kappa shape index (κ3) is 2.27. The number of aromatic nitrogens is 3. The summed E-state index contributed by atoms with van der Waals surface area (Å²) in [4.78, 5) is 13.0. The maximum Gasteiger partial charge on any atom is 0.224 e. The highest BCUT2D eigenvalue weighted by molar-refractivity contribution is 6.01. The van der Waals surface area contributed by atoms with Crippen molar-refractivity contribution in [1.29, 1.82) is 0 Å². The lowest BCUT2D eigenvalue weighted by molar-refractivity contribution is 0.628. The molecule has 0 aliphatic heterocycles. The Morgan fingerprint density at radius 2 is 1.65 bits per heavy atom. The van der Waals surface area contributed by atoms with Gasteiger partial charge in [0.1, 0.15) is 11.6 Å². The second-order valence-corrected chi connectivity index (χ2v) is 5.79. The highest BCUT2D eigenvalue weighted by Crippen LogP contribution is 2.38. The zero-order chi connectivity index (χ0) is 16.0. The molecule has 1 aromatic carbocycles. The van der Waals surface area contributed by atoms with Gasteiger partial charge in [-0.05, 0) is 48.9 Å². The van der Waals surface area contributed by atoms with E-state index in [0.29, 0.717) is 16.9 Å². The summed E-state index contributed by atoms with van der Waals surface area (Å²) < 4.78 is 13.3. The predicted octanol–water partition coefficient (Wildman–Crippen LogP) is 2.87. The Labute approximate surface area is 132 Å². The van der Waals surface area contributed by atoms with Gasteiger partial charge in [-0.25, -0.2) is 9.37 Å². The van der Waals surface area contributed by atoms with Crippen molar-refractivity contribution in [2.75, 3.05) is 11.5 Å². The van der Waals surface area contributed by atoms with Crippen molar-refractivity contribution in [3.05, 3.63) is 41.3 Å². The van der Waals surface area contributed by atoms with E-state index in [4.69, 9.17) is 11.5 Å². The van der Waals surface area contributed by atoms with Crippen LogP contribution in [0.15, 0.2) is 24.3 Å². The molecule has 1 aliphatic rings. The van der Waals surface area contributed by atoms with Crippen LogP contribution < -0.4 is 11.5 Å². The number of rotatable bonds is 1. The SMILES string of the molecule is Nc1nc(N)c2c(-c3ccc(F)cc3)c3c(nc2n1)CCCC3. The maximum absolute atomic E-state index is 13.3. The Morgan fingerprint density at radius 1 is 0.913 bits per heavy atom. The number of aryl methyl sites for hydroxylation is 1. The molecule has 4 rings (SSSR count). The standard InChI is InChI=1S/C17H16FN5/c18-10-7-5-9(6-8-10)13-11-3-1-2-4-12(11)21-16-14(13)15(19)22-17(20)23-16/h5-8H,1-4H2,(H4,19,20,21,22,23). The van der Waals surface area contributed by atoms with Crippen LogP contribution in [0, 0.1) is 5.82 Å². The second-order valence-electron chi connectivity index (χ2n) is 5.79. The minimum Gasteiger partial charge on any atom is -0.383 e. The molecule has 3 aromatic rings. The minimum atomic E-state index is -0.269. The van der Waals surface area contributed by atoms with Crippen molar-refractivity contribution >= 4 is 22.8 Å². The van der Waals surface area contributed by atoms with Gasteiger partial charge in [0.05, 0.1) is 5.39 Å². The number of fused-ring (bicyclic) bond motifs is 2. The van der Waals surface area contributed by atoms with Crippen LogP contribution in [0.4, 0.5) is 16.2 Å². The fourth-order valence-electron chi connectivity index (χ4n) is 3.30. The normalized spacial score (nSPS) is 14.0. The molecule has 0 unspecified atom stereocenters. The molecule has 1 aliphatic carbocycles. The summed E-state index contributed by atoms with van der Waals surface area (Å²) in [6.07, 6.45) is 4.03. The van der Waals surface area contributed by atoms with E-state index in [1.165, 1.54) is 12.1 Å². The number of nitrogen functional groups attached to an aromatic ring is 2. The van der Waals surface area contributed by atoms with E-state index in [0.717, 1.165) is 48.1 Å². The van der Waals surface area contributed by atoms with Gasteiger partial charge < -0.3 is 11.5 Å². The van der Waals surface area contributed by atoms with Gasteiger partial charge in [0, 0.05) is 11.3 Å². The van der Waals surface area contributed by atoms with Gasteiger partial charge >= 0.3 is 0 Å². The number of anilines is 2. The Morgan fingerprint density at radius 3 is 2.43 bits per heavy atom. The maximum atomic E-state index is 13.3. The van der Waals surface area contributed by atoms with Crippen molar-refractivity contribution in [2.24, 2.45) is 0 Å². The highest BCUT2D eigenvalue weighted by atomic mass is 19.1. The Hall–Kier alpha value is -2.76. The summed E-state index contributed by atoms with van der Waals surface area (Å²) in [5.41, 5.74) is 16.4. The number of pyridine rings is 1. The van der Waals surface area contributed by atoms with E-state index in [1.807, 2.05) is 0 Å². The van der Waals surface area contributed by atoms with Gasteiger partial charge in [-0.2, -0.15) is 9.97 Å². The van der Waals surface area contributed by atoms with Gasteiger partial charge in [-0.1, -0.05) is 12.1 Å². The van der Waals surface area contributed by atoms with Crippen LogP contribution in [-0.4, -0.2) is 15.0 Å². The van der Waals surface area contributed by atoms with Crippen LogP contribution in [0.1, 0.15) is 24.1 Å². The van der Waals surface area contributed by atoms with Crippen LogP contribution >= 0.6 is 0 Å². The molecule has 116 valence electrons. The van der Waals surface area contributed by atoms with E-state index in [2.05, 4.69) is 15.0 Å². The van der Waals surface area contributed by atoms with Gasteiger partial charge in [-0.3, -0.25) is 0 Å². The first-order chi connectivity index (χ1) is 11.1. The van der Waals surface area contributed by atoms with E-state index < -0.39 is 0 Å². The number of hydrogen-bond donors (Lipinski definition) is 2. The number of halogens is 1. The van der Waals surface area contributed by atoms with Crippen molar-refractivity contribution in [3.63, 3.8) is 0 Å². The molecule has 23 heavy (non-hydrogen) atoms. The Balaban J connectivity index is 2.12. The van der Waals surface area contributed by atoms with Crippen LogP contribution in [0.2, 0.25) is 0 Å². The lowest BCUT2D eigenvalue weighted by atomic mass is 9.87. The monoisotopic (exact) mass is 309 g/mol. The summed E-state index contributed by atoms with van der Waals surface area (Å²) in [6, 6.07) is 6.42. The average molecular weight is 309 g/mol. The molecule has 0 fully saturated rings. The zero-order valence-electron chi connectivity index (χ0n) is 12.5. The first kappa shape index (κ1) is 13.9. The molecular weight excluding hydrogens is 293 g/mol. The Bertz CT molecular complexity index is 905. The van der Waals surface area contributed by atoms with Gasteiger partial charge in [0.2, 0.25) is 5.95 Å². The lowest BCUT2D eigenvalue weighted by Crippen LogP contribution is -2.11. The van der Waals surface area contributed by atoms with Crippen LogP contribution in [0.3, 0.4) is 0 Å². The molecule has 0 radical (unpaired) electrons. The van der Waals surface area contributed by atoms with E-state index in [1.54, 1.807) is 12.1 Å². The molecule has 6 heteroatoms. The van der Waals surface area contributed by atoms with Crippen molar-refractivity contribution in [1.82, 2.24) is 15.0 Å². The Kier molecular flexibility index (Phi) is 3.11. The van der Waals surface area contributed by atoms with Crippen molar-refractivity contribution in [3.8, 4) is 11.1 Å². The first-order valence-corrected chi connectivity index (χ1v) is 7.64. The highest BCUT2D eigenvalue weighted by Gasteiger charge is 2.22. The minimum absolute atomic E-state index is 0.114. The van der Waals surface area contributed by atoms with Crippen LogP contribution in [0.25, 0.3) is 22.2 Å². The average Bonchev–Trinajstić information content (AvgIpc) is 2.53. The molecule has 0 bridgehead atoms. The molecule has 2 heterocycles. The first-order valence-electron chi connectivity index (χ1n) is 7.64. The van der Waals surface area contributed by atoms with E-state index in [9.17, 15) is 4.39 Å². The summed E-state index contributed by atoms with van der Waals surface area (Å²) in [6.45, 7) is 0. The molecule has 0 spiro atoms. The number of benzene rings is 1. The largest absolute Gasteiger partial charge is 0.383 e. The van der Waals surface area contributed by atoms with E-state index >= 15 is 0 Å². The third-order valence-corrected chi connectivity index (χ3v) is 4.30. The smallest absolute Gasteiger partial charge is 0.224 e. The number of hydrogen-bond acceptors (Lipinski definition) is 5. The molecular formula is C17H16FN5. The van der Waals surface area contributed by atoms with Crippen molar-refractivity contribution < 1.29 is 4.39 Å². The topological polar surface area (TPSA) is 90.7 Å². The van der Waals surface area contributed by atoms with Gasteiger partial charge in [0.15, 0.2) is 5.65 Å². The summed E-state index contributed by atoms with van der Waals surface area (Å²) in [7, 11) is 0. The fourth-order valence-corrected chi connectivity index (χ4v) is 3.30. The molecule has 5 nitrogen and oxygen atoms in total. The van der Waals surface area contributed by atoms with E-state index in [-0.39, 0.29) is 11.8 Å². The third-order valence-electron chi connectivity index (χ3n) is 4.30.